The van der Waals surface area contributed by atoms with Crippen LogP contribution in [0.1, 0.15) is 10.4 Å². The van der Waals surface area contributed by atoms with Gasteiger partial charge in [-0.15, -0.1) is 0 Å². The Balaban J connectivity index is 1.92. The number of halogens is 2. The Morgan fingerprint density at radius 3 is 3.00 bits per heavy atom. The van der Waals surface area contributed by atoms with E-state index >= 15 is 0 Å². The van der Waals surface area contributed by atoms with Gasteiger partial charge in [0.25, 0.3) is 5.91 Å². The number of carbonyl (C=O) groups excluding carboxylic acids is 1. The maximum Gasteiger partial charge on any atom is 0.417 e. The molecule has 0 saturated carbocycles. The Morgan fingerprint density at radius 1 is 1.38 bits per heavy atom. The van der Waals surface area contributed by atoms with Crippen LogP contribution in [0, 0.1) is 0 Å². The van der Waals surface area contributed by atoms with Gasteiger partial charge in [0.15, 0.2) is 5.58 Å². The molecule has 21 heavy (non-hydrogen) atoms. The first kappa shape index (κ1) is 13.8. The quantitative estimate of drug-likeness (QED) is 0.680. The molecule has 106 valence electrons. The number of H-pyrrole nitrogens is 1. The molecule has 3 rings (SSSR count). The van der Waals surface area contributed by atoms with Gasteiger partial charge in [0, 0.05) is 16.4 Å². The van der Waals surface area contributed by atoms with E-state index in [4.69, 9.17) is 16.0 Å². The lowest BCUT2D eigenvalue weighted by molar-refractivity contribution is 0.102. The third-order valence-corrected chi connectivity index (χ3v) is 3.46. The molecule has 1 amide bonds. The highest BCUT2D eigenvalue weighted by Gasteiger charge is 2.13. The highest BCUT2D eigenvalue weighted by atomic mass is 79.9. The van der Waals surface area contributed by atoms with Gasteiger partial charge >= 0.3 is 5.76 Å². The number of oxazole rings is 1. The monoisotopic (exact) mass is 367 g/mol. The molecule has 6 nitrogen and oxygen atoms in total. The van der Waals surface area contributed by atoms with Crippen LogP contribution >= 0.6 is 27.5 Å². The number of carbonyl (C=O) groups is 1. The minimum absolute atomic E-state index is 0.105. The molecule has 0 fully saturated rings. The summed E-state index contributed by atoms with van der Waals surface area (Å²) in [7, 11) is 0. The van der Waals surface area contributed by atoms with E-state index in [-0.39, 0.29) is 10.7 Å². The normalized spacial score (nSPS) is 10.8. The zero-order valence-electron chi connectivity index (χ0n) is 10.3. The number of fused-ring (bicyclic) bond motifs is 1. The van der Waals surface area contributed by atoms with E-state index in [0.717, 1.165) is 0 Å². The maximum atomic E-state index is 12.2. The van der Waals surface area contributed by atoms with Crippen molar-refractivity contribution in [2.75, 3.05) is 5.32 Å². The average Bonchev–Trinajstić information content (AvgIpc) is 2.80. The first-order valence-corrected chi connectivity index (χ1v) is 6.95. The Hall–Kier alpha value is -2.12. The summed E-state index contributed by atoms with van der Waals surface area (Å²) in [6, 6.07) is 6.38. The SMILES string of the molecule is O=C(Nc1ccc2oc(=O)[nH]c2c1)c1cc(Br)cnc1Cl. The summed E-state index contributed by atoms with van der Waals surface area (Å²) >= 11 is 9.13. The van der Waals surface area contributed by atoms with Gasteiger partial charge in [-0.25, -0.2) is 9.78 Å². The molecular weight excluding hydrogens is 362 g/mol. The second-order valence-electron chi connectivity index (χ2n) is 4.17. The number of aromatic nitrogens is 2. The molecule has 0 aliphatic carbocycles. The van der Waals surface area contributed by atoms with E-state index in [1.807, 2.05) is 0 Å². The molecule has 1 aromatic carbocycles. The van der Waals surface area contributed by atoms with Crippen LogP contribution in [0.15, 0.2) is 44.1 Å². The number of rotatable bonds is 2. The van der Waals surface area contributed by atoms with Gasteiger partial charge in [-0.2, -0.15) is 0 Å². The third-order valence-electron chi connectivity index (χ3n) is 2.73. The number of aromatic amines is 1. The van der Waals surface area contributed by atoms with Gasteiger partial charge in [0.2, 0.25) is 0 Å². The van der Waals surface area contributed by atoms with Crippen LogP contribution in [0.4, 0.5) is 5.69 Å². The van der Waals surface area contributed by atoms with E-state index in [9.17, 15) is 9.59 Å². The Bertz CT molecular complexity index is 903. The fourth-order valence-electron chi connectivity index (χ4n) is 1.81. The molecule has 2 N–H and O–H groups in total. The number of nitrogens with zero attached hydrogens (tertiary/aromatic N) is 1. The number of benzene rings is 1. The summed E-state index contributed by atoms with van der Waals surface area (Å²) < 4.78 is 5.53. The molecule has 0 aliphatic heterocycles. The second kappa shape index (κ2) is 5.34. The molecule has 0 aliphatic rings. The molecule has 0 unspecified atom stereocenters. The Labute approximate surface area is 131 Å². The maximum absolute atomic E-state index is 12.2. The van der Waals surface area contributed by atoms with Crippen molar-refractivity contribution in [3.8, 4) is 0 Å². The molecule has 0 saturated heterocycles. The zero-order valence-corrected chi connectivity index (χ0v) is 12.7. The standard InChI is InChI=1S/C13H7BrClN3O3/c14-6-3-8(11(15)16-5-6)12(19)17-7-1-2-10-9(4-7)18-13(20)21-10/h1-5H,(H,17,19)(H,18,20). The van der Waals surface area contributed by atoms with Crippen LogP contribution in [0.25, 0.3) is 11.1 Å². The molecule has 2 heterocycles. The van der Waals surface area contributed by atoms with Crippen molar-refractivity contribution < 1.29 is 9.21 Å². The van der Waals surface area contributed by atoms with Gasteiger partial charge in [-0.05, 0) is 40.2 Å². The topological polar surface area (TPSA) is 88.0 Å². The van der Waals surface area contributed by atoms with Crippen LogP contribution in [0.5, 0.6) is 0 Å². The van der Waals surface area contributed by atoms with E-state index in [0.29, 0.717) is 21.3 Å². The van der Waals surface area contributed by atoms with Crippen molar-refractivity contribution >= 4 is 50.2 Å². The van der Waals surface area contributed by atoms with Gasteiger partial charge in [-0.3, -0.25) is 9.78 Å². The first-order valence-electron chi connectivity index (χ1n) is 5.78. The fourth-order valence-corrected chi connectivity index (χ4v) is 2.33. The summed E-state index contributed by atoms with van der Waals surface area (Å²) in [5.41, 5.74) is 1.66. The minimum Gasteiger partial charge on any atom is -0.408 e. The number of hydrogen-bond donors (Lipinski definition) is 2. The molecule has 0 spiro atoms. The van der Waals surface area contributed by atoms with Gasteiger partial charge < -0.3 is 9.73 Å². The van der Waals surface area contributed by atoms with Crippen molar-refractivity contribution in [2.45, 2.75) is 0 Å². The van der Waals surface area contributed by atoms with Crippen LogP contribution in [0.2, 0.25) is 5.15 Å². The smallest absolute Gasteiger partial charge is 0.408 e. The summed E-state index contributed by atoms with van der Waals surface area (Å²) in [5, 5.41) is 2.78. The van der Waals surface area contributed by atoms with Gasteiger partial charge in [0.05, 0.1) is 11.1 Å². The van der Waals surface area contributed by atoms with Crippen molar-refractivity contribution in [3.05, 3.63) is 56.2 Å². The summed E-state index contributed by atoms with van der Waals surface area (Å²) in [6.45, 7) is 0. The van der Waals surface area contributed by atoms with E-state index in [1.54, 1.807) is 24.3 Å². The molecule has 0 radical (unpaired) electrons. The van der Waals surface area contributed by atoms with Crippen LogP contribution < -0.4 is 11.1 Å². The van der Waals surface area contributed by atoms with Crippen molar-refractivity contribution in [1.29, 1.82) is 0 Å². The number of amides is 1. The predicted octanol–water partition coefficient (Wildman–Crippen LogP) is 3.18. The highest BCUT2D eigenvalue weighted by molar-refractivity contribution is 9.10. The Kier molecular flexibility index (Phi) is 3.52. The molecule has 3 aromatic rings. The lowest BCUT2D eigenvalue weighted by Gasteiger charge is -2.06. The zero-order chi connectivity index (χ0) is 15.0. The Morgan fingerprint density at radius 2 is 2.19 bits per heavy atom. The summed E-state index contributed by atoms with van der Waals surface area (Å²) in [5.74, 6) is -0.952. The van der Waals surface area contributed by atoms with Crippen molar-refractivity contribution in [3.63, 3.8) is 0 Å². The molecule has 8 heteroatoms. The van der Waals surface area contributed by atoms with E-state index < -0.39 is 11.7 Å². The predicted molar refractivity (Wildman–Crippen MR) is 81.7 cm³/mol. The van der Waals surface area contributed by atoms with E-state index in [1.165, 1.54) is 6.20 Å². The van der Waals surface area contributed by atoms with Gasteiger partial charge in [-0.1, -0.05) is 11.6 Å². The van der Waals surface area contributed by atoms with Crippen LogP contribution in [0.3, 0.4) is 0 Å². The number of hydrogen-bond acceptors (Lipinski definition) is 4. The lowest BCUT2D eigenvalue weighted by Crippen LogP contribution is -2.13. The lowest BCUT2D eigenvalue weighted by atomic mass is 10.2. The van der Waals surface area contributed by atoms with Crippen molar-refractivity contribution in [2.24, 2.45) is 0 Å². The number of anilines is 1. The fraction of sp³-hybridized carbons (Fsp3) is 0. The molecule has 2 aromatic heterocycles. The molecule has 0 bridgehead atoms. The first-order chi connectivity index (χ1) is 10.0. The second-order valence-corrected chi connectivity index (χ2v) is 5.45. The minimum atomic E-state index is -0.548. The van der Waals surface area contributed by atoms with E-state index in [2.05, 4.69) is 31.2 Å². The van der Waals surface area contributed by atoms with Gasteiger partial charge in [0.1, 0.15) is 5.15 Å². The summed E-state index contributed by atoms with van der Waals surface area (Å²) in [6.07, 6.45) is 1.50. The number of pyridine rings is 1. The van der Waals surface area contributed by atoms with Crippen molar-refractivity contribution in [1.82, 2.24) is 9.97 Å². The highest BCUT2D eigenvalue weighted by Crippen LogP contribution is 2.21. The van der Waals surface area contributed by atoms with Crippen LogP contribution in [-0.2, 0) is 0 Å². The third kappa shape index (κ3) is 2.84. The molecular formula is C13H7BrClN3O3. The molecule has 0 atom stereocenters. The summed E-state index contributed by atoms with van der Waals surface area (Å²) in [4.78, 5) is 29.7. The largest absolute Gasteiger partial charge is 0.417 e. The van der Waals surface area contributed by atoms with Crippen LogP contribution in [-0.4, -0.2) is 15.9 Å². The average molecular weight is 369 g/mol. The number of nitrogens with one attached hydrogen (secondary N) is 2.